The zero-order valence-corrected chi connectivity index (χ0v) is 15.4. The molecule has 134 valence electrons. The second-order valence-corrected chi connectivity index (χ2v) is 7.48. The summed E-state index contributed by atoms with van der Waals surface area (Å²) in [6.45, 7) is 10.2. The van der Waals surface area contributed by atoms with E-state index in [-0.39, 0.29) is 11.9 Å². The molecule has 0 aromatic carbocycles. The van der Waals surface area contributed by atoms with E-state index in [2.05, 4.69) is 20.4 Å². The number of esters is 1. The molecule has 1 aliphatic rings. The molecule has 0 spiro atoms. The number of hydrogen-bond acceptors (Lipinski definition) is 3. The van der Waals surface area contributed by atoms with Gasteiger partial charge in [0.25, 0.3) is 0 Å². The Bertz CT molecular complexity index is 377. The first kappa shape index (κ1) is 20.2. The van der Waals surface area contributed by atoms with Crippen LogP contribution in [0.5, 0.6) is 0 Å². The van der Waals surface area contributed by atoms with Crippen LogP contribution in [0.4, 0.5) is 0 Å². The molecule has 3 nitrogen and oxygen atoms in total. The first-order valence-corrected chi connectivity index (χ1v) is 9.48. The third kappa shape index (κ3) is 7.07. The molecule has 1 fully saturated rings. The van der Waals surface area contributed by atoms with E-state index < -0.39 is 5.79 Å². The Kier molecular flexibility index (Phi) is 8.90. The first-order valence-electron chi connectivity index (χ1n) is 9.48. The minimum atomic E-state index is -1.35. The fourth-order valence-corrected chi connectivity index (χ4v) is 3.64. The fraction of sp³-hybridized carbons (Fsp3) is 0.850. The van der Waals surface area contributed by atoms with Crippen LogP contribution < -0.4 is 0 Å². The number of carbonyl (C=O) groups is 1. The summed E-state index contributed by atoms with van der Waals surface area (Å²) in [6, 6.07) is 0. The minimum absolute atomic E-state index is 0.128. The lowest BCUT2D eigenvalue weighted by Gasteiger charge is -2.41. The molecule has 3 heteroatoms. The highest BCUT2D eigenvalue weighted by molar-refractivity contribution is 5.69. The lowest BCUT2D eigenvalue weighted by molar-refractivity contribution is -0.242. The quantitative estimate of drug-likeness (QED) is 0.254. The van der Waals surface area contributed by atoms with Crippen molar-refractivity contribution in [3.63, 3.8) is 0 Å². The number of ether oxygens (including phenoxy) is 1. The summed E-state index contributed by atoms with van der Waals surface area (Å²) in [7, 11) is 0. The molecule has 0 bridgehead atoms. The van der Waals surface area contributed by atoms with E-state index in [4.69, 9.17) is 4.74 Å². The number of aliphatic hydroxyl groups is 1. The van der Waals surface area contributed by atoms with E-state index in [1.807, 2.05) is 6.92 Å². The summed E-state index contributed by atoms with van der Waals surface area (Å²) < 4.78 is 5.52. The van der Waals surface area contributed by atoms with E-state index in [9.17, 15) is 9.90 Å². The van der Waals surface area contributed by atoms with Gasteiger partial charge in [0.2, 0.25) is 5.79 Å². The number of rotatable bonds is 10. The van der Waals surface area contributed by atoms with Crippen LogP contribution in [0.25, 0.3) is 0 Å². The summed E-state index contributed by atoms with van der Waals surface area (Å²) in [6.07, 6.45) is 11.0. The van der Waals surface area contributed by atoms with Gasteiger partial charge in [-0.05, 0) is 32.1 Å². The number of hydrogen-bond donors (Lipinski definition) is 1. The van der Waals surface area contributed by atoms with Crippen molar-refractivity contribution in [1.29, 1.82) is 0 Å². The van der Waals surface area contributed by atoms with Crippen LogP contribution in [0.2, 0.25) is 0 Å². The van der Waals surface area contributed by atoms with Crippen LogP contribution in [-0.2, 0) is 9.53 Å². The van der Waals surface area contributed by atoms with Crippen molar-refractivity contribution in [1.82, 2.24) is 0 Å². The minimum Gasteiger partial charge on any atom is -0.433 e. The highest BCUT2D eigenvalue weighted by Gasteiger charge is 2.45. The van der Waals surface area contributed by atoms with Gasteiger partial charge in [-0.2, -0.15) is 0 Å². The monoisotopic (exact) mass is 324 g/mol. The van der Waals surface area contributed by atoms with Crippen molar-refractivity contribution in [2.75, 3.05) is 0 Å². The SMILES string of the molecule is C=C(C)C1CCC(C)CC1(O)OC(=O)CCCCCCCCC. The summed E-state index contributed by atoms with van der Waals surface area (Å²) in [5.74, 6) is -1.36. The van der Waals surface area contributed by atoms with Crippen molar-refractivity contribution in [3.8, 4) is 0 Å². The van der Waals surface area contributed by atoms with Gasteiger partial charge in [-0.25, -0.2) is 0 Å². The highest BCUT2D eigenvalue weighted by atomic mass is 16.7. The van der Waals surface area contributed by atoms with Gasteiger partial charge in [-0.15, -0.1) is 0 Å². The maximum atomic E-state index is 12.1. The predicted octanol–water partition coefficient (Wildman–Crippen LogP) is 5.37. The predicted molar refractivity (Wildman–Crippen MR) is 95.0 cm³/mol. The van der Waals surface area contributed by atoms with Crippen molar-refractivity contribution < 1.29 is 14.6 Å². The Morgan fingerprint density at radius 3 is 2.39 bits per heavy atom. The number of unbranched alkanes of at least 4 members (excludes halogenated alkanes) is 6. The maximum Gasteiger partial charge on any atom is 0.308 e. The molecule has 1 N–H and O–H groups in total. The zero-order valence-electron chi connectivity index (χ0n) is 15.4. The van der Waals surface area contributed by atoms with Crippen molar-refractivity contribution in [3.05, 3.63) is 12.2 Å². The van der Waals surface area contributed by atoms with Gasteiger partial charge in [0.15, 0.2) is 0 Å². The normalized spacial score (nSPS) is 27.7. The van der Waals surface area contributed by atoms with Crippen molar-refractivity contribution in [2.45, 2.75) is 97.2 Å². The lowest BCUT2D eigenvalue weighted by atomic mass is 9.75. The van der Waals surface area contributed by atoms with E-state index >= 15 is 0 Å². The molecule has 0 heterocycles. The average molecular weight is 325 g/mol. The van der Waals surface area contributed by atoms with Crippen LogP contribution in [0.1, 0.15) is 91.4 Å². The van der Waals surface area contributed by atoms with Gasteiger partial charge in [0, 0.05) is 18.8 Å². The second kappa shape index (κ2) is 10.1. The molecule has 0 amide bonds. The molecule has 1 aliphatic carbocycles. The van der Waals surface area contributed by atoms with Crippen LogP contribution in [0, 0.1) is 11.8 Å². The molecular weight excluding hydrogens is 288 g/mol. The summed E-state index contributed by atoms with van der Waals surface area (Å²) >= 11 is 0. The fourth-order valence-electron chi connectivity index (χ4n) is 3.64. The molecule has 1 saturated carbocycles. The second-order valence-electron chi connectivity index (χ2n) is 7.48. The number of carbonyl (C=O) groups excluding carboxylic acids is 1. The molecule has 1 rings (SSSR count). The largest absolute Gasteiger partial charge is 0.433 e. The Hall–Kier alpha value is -0.830. The third-order valence-corrected chi connectivity index (χ3v) is 5.00. The van der Waals surface area contributed by atoms with E-state index in [0.717, 1.165) is 31.3 Å². The molecule has 3 unspecified atom stereocenters. The first-order chi connectivity index (χ1) is 10.9. The average Bonchev–Trinajstić information content (AvgIpc) is 2.45. The Morgan fingerprint density at radius 2 is 1.78 bits per heavy atom. The van der Waals surface area contributed by atoms with Gasteiger partial charge in [-0.1, -0.05) is 64.5 Å². The lowest BCUT2D eigenvalue weighted by Crippen LogP contribution is -2.47. The van der Waals surface area contributed by atoms with Gasteiger partial charge in [0.05, 0.1) is 0 Å². The highest BCUT2D eigenvalue weighted by Crippen LogP contribution is 2.41. The van der Waals surface area contributed by atoms with Crippen molar-refractivity contribution >= 4 is 5.97 Å². The summed E-state index contributed by atoms with van der Waals surface area (Å²) in [5.41, 5.74) is 0.906. The van der Waals surface area contributed by atoms with Gasteiger partial charge < -0.3 is 9.84 Å². The Labute approximate surface area is 142 Å². The zero-order chi connectivity index (χ0) is 17.3. The molecule has 3 atom stereocenters. The smallest absolute Gasteiger partial charge is 0.308 e. The molecular formula is C20H36O3. The van der Waals surface area contributed by atoms with E-state index in [1.165, 1.54) is 32.1 Å². The molecule has 0 saturated heterocycles. The van der Waals surface area contributed by atoms with Crippen LogP contribution in [0.3, 0.4) is 0 Å². The standard InChI is InChI=1S/C20H36O3/c1-5-6-7-8-9-10-11-12-19(21)23-20(22)15-17(4)13-14-18(20)16(2)3/h17-18,22H,2,5-15H2,1,3-4H3. The summed E-state index contributed by atoms with van der Waals surface area (Å²) in [4.78, 5) is 12.1. The van der Waals surface area contributed by atoms with E-state index in [0.29, 0.717) is 18.8 Å². The van der Waals surface area contributed by atoms with Crippen LogP contribution in [-0.4, -0.2) is 16.9 Å². The topological polar surface area (TPSA) is 46.5 Å². The van der Waals surface area contributed by atoms with Gasteiger partial charge in [0.1, 0.15) is 0 Å². The molecule has 0 aromatic rings. The van der Waals surface area contributed by atoms with Crippen LogP contribution >= 0.6 is 0 Å². The van der Waals surface area contributed by atoms with Gasteiger partial charge >= 0.3 is 5.97 Å². The van der Waals surface area contributed by atoms with Crippen LogP contribution in [0.15, 0.2) is 12.2 Å². The summed E-state index contributed by atoms with van der Waals surface area (Å²) in [5, 5.41) is 10.8. The Balaban J connectivity index is 2.34. The third-order valence-electron chi connectivity index (χ3n) is 5.00. The molecule has 0 radical (unpaired) electrons. The maximum absolute atomic E-state index is 12.1. The Morgan fingerprint density at radius 1 is 1.17 bits per heavy atom. The molecule has 0 aliphatic heterocycles. The van der Waals surface area contributed by atoms with E-state index in [1.54, 1.807) is 0 Å². The molecule has 23 heavy (non-hydrogen) atoms. The molecule has 0 aromatic heterocycles. The van der Waals surface area contributed by atoms with Gasteiger partial charge in [-0.3, -0.25) is 4.79 Å². The van der Waals surface area contributed by atoms with Crippen molar-refractivity contribution in [2.24, 2.45) is 11.8 Å².